The van der Waals surface area contributed by atoms with Crippen LogP contribution >= 0.6 is 11.8 Å². The van der Waals surface area contributed by atoms with Crippen LogP contribution in [0.5, 0.6) is 11.5 Å². The highest BCUT2D eigenvalue weighted by Crippen LogP contribution is 2.34. The second-order valence-electron chi connectivity index (χ2n) is 6.96. The van der Waals surface area contributed by atoms with Gasteiger partial charge < -0.3 is 14.4 Å². The molecule has 156 valence electrons. The topological polar surface area (TPSA) is 69.5 Å². The first-order valence-electron chi connectivity index (χ1n) is 9.91. The Balaban J connectivity index is 1.43. The standard InChI is InChI=1S/C22H24N4O3S/c1-3-25(13-17-5-4-6-19-21(17)29-12-11-28-19)20(27)14-30-22-24-23-15-26(22)18-9-7-16(2)8-10-18/h4-10,15H,3,11-14H2,1-2H3. The van der Waals surface area contributed by atoms with Crippen LogP contribution in [0.1, 0.15) is 18.1 Å². The Morgan fingerprint density at radius 1 is 1.17 bits per heavy atom. The van der Waals surface area contributed by atoms with Crippen molar-refractivity contribution < 1.29 is 14.3 Å². The maximum absolute atomic E-state index is 12.9. The molecule has 0 aliphatic carbocycles. The molecule has 8 heteroatoms. The fraction of sp³-hybridized carbons (Fsp3) is 0.318. The molecular weight excluding hydrogens is 400 g/mol. The van der Waals surface area contributed by atoms with Gasteiger partial charge in [-0.15, -0.1) is 10.2 Å². The number of para-hydroxylation sites is 1. The second-order valence-corrected chi connectivity index (χ2v) is 7.90. The molecule has 1 amide bonds. The summed E-state index contributed by atoms with van der Waals surface area (Å²) in [5, 5.41) is 8.89. The SMILES string of the molecule is CCN(Cc1cccc2c1OCCO2)C(=O)CSc1nncn1-c1ccc(C)cc1. The number of benzene rings is 2. The molecule has 0 fully saturated rings. The molecule has 0 unspecified atom stereocenters. The minimum Gasteiger partial charge on any atom is -0.486 e. The van der Waals surface area contributed by atoms with E-state index >= 15 is 0 Å². The van der Waals surface area contributed by atoms with Crippen LogP contribution in [0, 0.1) is 6.92 Å². The van der Waals surface area contributed by atoms with Crippen molar-refractivity contribution in [2.24, 2.45) is 0 Å². The van der Waals surface area contributed by atoms with Gasteiger partial charge in [-0.3, -0.25) is 9.36 Å². The molecule has 1 aliphatic heterocycles. The Hall–Kier alpha value is -3.00. The van der Waals surface area contributed by atoms with Gasteiger partial charge in [0.25, 0.3) is 0 Å². The van der Waals surface area contributed by atoms with E-state index in [2.05, 4.69) is 10.2 Å². The predicted molar refractivity (Wildman–Crippen MR) is 115 cm³/mol. The van der Waals surface area contributed by atoms with Crippen molar-refractivity contribution in [3.05, 3.63) is 59.9 Å². The third kappa shape index (κ3) is 4.43. The van der Waals surface area contributed by atoms with Crippen LogP contribution in [-0.4, -0.2) is 51.1 Å². The summed E-state index contributed by atoms with van der Waals surface area (Å²) in [5.41, 5.74) is 3.11. The number of carbonyl (C=O) groups is 1. The second kappa shape index (κ2) is 9.21. The summed E-state index contributed by atoms with van der Waals surface area (Å²) in [6.45, 7) is 6.18. The number of amides is 1. The molecule has 0 atom stereocenters. The van der Waals surface area contributed by atoms with E-state index in [0.29, 0.717) is 31.5 Å². The van der Waals surface area contributed by atoms with Gasteiger partial charge in [-0.25, -0.2) is 0 Å². The molecule has 0 bridgehead atoms. The summed E-state index contributed by atoms with van der Waals surface area (Å²) in [6.07, 6.45) is 1.67. The van der Waals surface area contributed by atoms with Gasteiger partial charge in [-0.05, 0) is 32.0 Å². The first-order chi connectivity index (χ1) is 14.7. The molecule has 0 saturated carbocycles. The number of nitrogens with zero attached hydrogens (tertiary/aromatic N) is 4. The maximum Gasteiger partial charge on any atom is 0.233 e. The average Bonchev–Trinajstić information content (AvgIpc) is 3.25. The Morgan fingerprint density at radius 3 is 2.77 bits per heavy atom. The Labute approximate surface area is 180 Å². The van der Waals surface area contributed by atoms with Crippen LogP contribution in [0.3, 0.4) is 0 Å². The van der Waals surface area contributed by atoms with Gasteiger partial charge in [0.2, 0.25) is 5.91 Å². The Kier molecular flexibility index (Phi) is 6.23. The van der Waals surface area contributed by atoms with Crippen molar-refractivity contribution in [2.45, 2.75) is 25.5 Å². The molecule has 0 N–H and O–H groups in total. The van der Waals surface area contributed by atoms with Crippen molar-refractivity contribution in [1.29, 1.82) is 0 Å². The lowest BCUT2D eigenvalue weighted by Gasteiger charge is -2.25. The zero-order valence-corrected chi connectivity index (χ0v) is 17.9. The zero-order valence-electron chi connectivity index (χ0n) is 17.1. The van der Waals surface area contributed by atoms with Gasteiger partial charge >= 0.3 is 0 Å². The van der Waals surface area contributed by atoms with Gasteiger partial charge in [0.05, 0.1) is 5.75 Å². The molecule has 2 aromatic carbocycles. The molecule has 0 saturated heterocycles. The van der Waals surface area contributed by atoms with Crippen LogP contribution in [0.2, 0.25) is 0 Å². The first kappa shape index (κ1) is 20.3. The van der Waals surface area contributed by atoms with Crippen molar-refractivity contribution in [3.8, 4) is 17.2 Å². The van der Waals surface area contributed by atoms with E-state index < -0.39 is 0 Å². The summed E-state index contributed by atoms with van der Waals surface area (Å²) in [6, 6.07) is 13.9. The van der Waals surface area contributed by atoms with Gasteiger partial charge in [-0.2, -0.15) is 0 Å². The Bertz CT molecular complexity index is 1020. The van der Waals surface area contributed by atoms with Gasteiger partial charge in [0.1, 0.15) is 19.5 Å². The summed E-state index contributed by atoms with van der Waals surface area (Å²) < 4.78 is 13.3. The highest BCUT2D eigenvalue weighted by atomic mass is 32.2. The van der Waals surface area contributed by atoms with E-state index in [1.165, 1.54) is 17.3 Å². The van der Waals surface area contributed by atoms with Crippen molar-refractivity contribution >= 4 is 17.7 Å². The Morgan fingerprint density at radius 2 is 1.97 bits per heavy atom. The lowest BCUT2D eigenvalue weighted by molar-refractivity contribution is -0.128. The van der Waals surface area contributed by atoms with Gasteiger partial charge in [0.15, 0.2) is 16.7 Å². The fourth-order valence-electron chi connectivity index (χ4n) is 3.26. The number of fused-ring (bicyclic) bond motifs is 1. The number of thioether (sulfide) groups is 1. The van der Waals surface area contributed by atoms with Gasteiger partial charge in [0, 0.05) is 24.3 Å². The molecular formula is C22H24N4O3S. The molecule has 1 aromatic heterocycles. The van der Waals surface area contributed by atoms with E-state index in [9.17, 15) is 4.79 Å². The minimum absolute atomic E-state index is 0.0373. The highest BCUT2D eigenvalue weighted by molar-refractivity contribution is 7.99. The molecule has 7 nitrogen and oxygen atoms in total. The molecule has 4 rings (SSSR count). The maximum atomic E-state index is 12.9. The summed E-state index contributed by atoms with van der Waals surface area (Å²) in [7, 11) is 0. The summed E-state index contributed by atoms with van der Waals surface area (Å²) in [5.74, 6) is 1.80. The number of carbonyl (C=O) groups excluding carboxylic acids is 1. The summed E-state index contributed by atoms with van der Waals surface area (Å²) >= 11 is 1.39. The quantitative estimate of drug-likeness (QED) is 0.541. The van der Waals surface area contributed by atoms with Crippen molar-refractivity contribution in [3.63, 3.8) is 0 Å². The molecule has 2 heterocycles. The van der Waals surface area contributed by atoms with Gasteiger partial charge in [-0.1, -0.05) is 41.6 Å². The number of ether oxygens (including phenoxy) is 2. The minimum atomic E-state index is 0.0373. The average molecular weight is 425 g/mol. The van der Waals surface area contributed by atoms with E-state index in [1.807, 2.05) is 65.8 Å². The smallest absolute Gasteiger partial charge is 0.233 e. The number of hydrogen-bond donors (Lipinski definition) is 0. The molecule has 3 aromatic rings. The number of hydrogen-bond acceptors (Lipinski definition) is 6. The van der Waals surface area contributed by atoms with Crippen molar-refractivity contribution in [1.82, 2.24) is 19.7 Å². The van der Waals surface area contributed by atoms with E-state index in [1.54, 1.807) is 6.33 Å². The largest absolute Gasteiger partial charge is 0.486 e. The molecule has 30 heavy (non-hydrogen) atoms. The normalized spacial score (nSPS) is 12.6. The monoisotopic (exact) mass is 424 g/mol. The van der Waals surface area contributed by atoms with Crippen LogP contribution in [-0.2, 0) is 11.3 Å². The van der Waals surface area contributed by atoms with E-state index in [-0.39, 0.29) is 11.7 Å². The van der Waals surface area contributed by atoms with E-state index in [4.69, 9.17) is 9.47 Å². The number of aryl methyl sites for hydroxylation is 1. The highest BCUT2D eigenvalue weighted by Gasteiger charge is 2.20. The third-order valence-corrected chi connectivity index (χ3v) is 5.82. The first-order valence-corrected chi connectivity index (χ1v) is 10.9. The summed E-state index contributed by atoms with van der Waals surface area (Å²) in [4.78, 5) is 14.7. The number of rotatable bonds is 7. The molecule has 0 radical (unpaired) electrons. The lowest BCUT2D eigenvalue weighted by atomic mass is 10.1. The van der Waals surface area contributed by atoms with Crippen LogP contribution in [0.4, 0.5) is 0 Å². The van der Waals surface area contributed by atoms with Crippen molar-refractivity contribution in [2.75, 3.05) is 25.5 Å². The third-order valence-electron chi connectivity index (χ3n) is 4.90. The number of aromatic nitrogens is 3. The van der Waals surface area contributed by atoms with Crippen LogP contribution < -0.4 is 9.47 Å². The van der Waals surface area contributed by atoms with Crippen LogP contribution in [0.25, 0.3) is 5.69 Å². The lowest BCUT2D eigenvalue weighted by Crippen LogP contribution is -2.32. The van der Waals surface area contributed by atoms with Crippen LogP contribution in [0.15, 0.2) is 53.9 Å². The molecule has 1 aliphatic rings. The zero-order chi connectivity index (χ0) is 20.9. The predicted octanol–water partition coefficient (Wildman–Crippen LogP) is 3.49. The molecule has 0 spiro atoms. The fourth-order valence-corrected chi connectivity index (χ4v) is 4.10. The van der Waals surface area contributed by atoms with E-state index in [0.717, 1.165) is 22.7 Å².